The van der Waals surface area contributed by atoms with Gasteiger partial charge in [0.2, 0.25) is 5.91 Å². The molecule has 1 aromatic carbocycles. The van der Waals surface area contributed by atoms with Gasteiger partial charge in [0.1, 0.15) is 10.8 Å². The normalized spacial score (nSPS) is 16.2. The zero-order valence-corrected chi connectivity index (χ0v) is 18.6. The van der Waals surface area contributed by atoms with Crippen LogP contribution in [0, 0.1) is 12.7 Å². The van der Waals surface area contributed by atoms with Gasteiger partial charge in [0.05, 0.1) is 23.6 Å². The van der Waals surface area contributed by atoms with E-state index in [1.54, 1.807) is 26.0 Å². The molecule has 0 saturated carbocycles. The van der Waals surface area contributed by atoms with Crippen molar-refractivity contribution in [1.82, 2.24) is 10.2 Å². The van der Waals surface area contributed by atoms with Crippen molar-refractivity contribution in [2.45, 2.75) is 32.7 Å². The third-order valence-electron chi connectivity index (χ3n) is 5.28. The van der Waals surface area contributed by atoms with E-state index in [-0.39, 0.29) is 42.4 Å². The summed E-state index contributed by atoms with van der Waals surface area (Å²) in [6, 6.07) is 6.36. The number of nitrogens with zero attached hydrogens (tertiary/aromatic N) is 1. The zero-order chi connectivity index (χ0) is 22.5. The number of benzene rings is 1. The predicted molar refractivity (Wildman–Crippen MR) is 117 cm³/mol. The van der Waals surface area contributed by atoms with Gasteiger partial charge in [-0.2, -0.15) is 0 Å². The fraction of sp³-hybridized carbons (Fsp3) is 0.409. The first-order valence-corrected chi connectivity index (χ1v) is 11.0. The standard InChI is InChI=1S/C22H26FN3O4S/c1-4-30-22(29)18-13(2)19(20(28)24-3)31-21(18)25-17(27)12-26-11-5-6-16(26)14-7-9-15(23)10-8-14/h7-10,16H,4-6,11-12H2,1-3H3,(H,24,28)(H,25,27). The van der Waals surface area contributed by atoms with Gasteiger partial charge < -0.3 is 15.4 Å². The van der Waals surface area contributed by atoms with Gasteiger partial charge in [-0.3, -0.25) is 14.5 Å². The summed E-state index contributed by atoms with van der Waals surface area (Å²) >= 11 is 1.05. The molecule has 1 aliphatic heterocycles. The third-order valence-corrected chi connectivity index (χ3v) is 6.48. The lowest BCUT2D eigenvalue weighted by Crippen LogP contribution is -2.33. The largest absolute Gasteiger partial charge is 0.462 e. The fourth-order valence-corrected chi connectivity index (χ4v) is 4.97. The molecule has 1 aromatic heterocycles. The van der Waals surface area contributed by atoms with Gasteiger partial charge in [0.25, 0.3) is 5.91 Å². The minimum Gasteiger partial charge on any atom is -0.462 e. The lowest BCUT2D eigenvalue weighted by molar-refractivity contribution is -0.117. The highest BCUT2D eigenvalue weighted by Crippen LogP contribution is 2.35. The van der Waals surface area contributed by atoms with E-state index in [9.17, 15) is 18.8 Å². The maximum Gasteiger partial charge on any atom is 0.341 e. The van der Waals surface area contributed by atoms with Crippen molar-refractivity contribution in [2.24, 2.45) is 0 Å². The number of anilines is 1. The molecule has 2 heterocycles. The summed E-state index contributed by atoms with van der Waals surface area (Å²) < 4.78 is 18.4. The molecule has 1 aliphatic rings. The number of esters is 1. The molecule has 1 unspecified atom stereocenters. The SMILES string of the molecule is CCOC(=O)c1c(NC(=O)CN2CCCC2c2ccc(F)cc2)sc(C(=O)NC)c1C. The van der Waals surface area contributed by atoms with Crippen LogP contribution in [0.25, 0.3) is 0 Å². The summed E-state index contributed by atoms with van der Waals surface area (Å²) in [6.45, 7) is 4.40. The van der Waals surface area contributed by atoms with Crippen LogP contribution >= 0.6 is 11.3 Å². The Bertz CT molecular complexity index is 974. The lowest BCUT2D eigenvalue weighted by atomic mass is 10.0. The van der Waals surface area contributed by atoms with Gasteiger partial charge in [-0.1, -0.05) is 12.1 Å². The lowest BCUT2D eigenvalue weighted by Gasteiger charge is -2.24. The molecule has 0 radical (unpaired) electrons. The first kappa shape index (κ1) is 22.9. The average molecular weight is 448 g/mol. The second-order valence-electron chi connectivity index (χ2n) is 7.29. The highest BCUT2D eigenvalue weighted by molar-refractivity contribution is 7.18. The number of ether oxygens (including phenoxy) is 1. The van der Waals surface area contributed by atoms with Gasteiger partial charge in [-0.15, -0.1) is 11.3 Å². The van der Waals surface area contributed by atoms with E-state index in [0.29, 0.717) is 15.4 Å². The first-order valence-electron chi connectivity index (χ1n) is 10.2. The molecular formula is C22H26FN3O4S. The third kappa shape index (κ3) is 5.11. The number of rotatable bonds is 7. The van der Waals surface area contributed by atoms with Crippen molar-refractivity contribution in [1.29, 1.82) is 0 Å². The Labute approximate surface area is 184 Å². The fourth-order valence-electron chi connectivity index (χ4n) is 3.81. The molecule has 2 aromatic rings. The van der Waals surface area contributed by atoms with Crippen molar-refractivity contribution in [2.75, 3.05) is 32.1 Å². The number of hydrogen-bond donors (Lipinski definition) is 2. The van der Waals surface area contributed by atoms with E-state index in [2.05, 4.69) is 10.6 Å². The summed E-state index contributed by atoms with van der Waals surface area (Å²) in [6.07, 6.45) is 1.81. The Morgan fingerprint density at radius 3 is 2.61 bits per heavy atom. The molecule has 1 fully saturated rings. The number of carbonyl (C=O) groups is 3. The Balaban J connectivity index is 1.78. The summed E-state index contributed by atoms with van der Waals surface area (Å²) in [4.78, 5) is 39.9. The monoisotopic (exact) mass is 447 g/mol. The number of amides is 2. The highest BCUT2D eigenvalue weighted by Gasteiger charge is 2.30. The first-order chi connectivity index (χ1) is 14.8. The molecule has 2 N–H and O–H groups in total. The van der Waals surface area contributed by atoms with Crippen LogP contribution < -0.4 is 10.6 Å². The minimum absolute atomic E-state index is 0.0300. The molecule has 0 spiro atoms. The van der Waals surface area contributed by atoms with E-state index in [0.717, 1.165) is 36.3 Å². The van der Waals surface area contributed by atoms with Crippen LogP contribution in [0.2, 0.25) is 0 Å². The molecule has 7 nitrogen and oxygen atoms in total. The van der Waals surface area contributed by atoms with Gasteiger partial charge >= 0.3 is 5.97 Å². The molecule has 3 rings (SSSR count). The van der Waals surface area contributed by atoms with E-state index < -0.39 is 5.97 Å². The molecule has 0 bridgehead atoms. The van der Waals surface area contributed by atoms with Crippen LogP contribution in [0.1, 0.15) is 57.0 Å². The topological polar surface area (TPSA) is 87.7 Å². The van der Waals surface area contributed by atoms with Gasteiger partial charge in [-0.05, 0) is 56.5 Å². The summed E-state index contributed by atoms with van der Waals surface area (Å²) in [5.41, 5.74) is 1.64. The van der Waals surface area contributed by atoms with E-state index in [4.69, 9.17) is 4.74 Å². The molecule has 166 valence electrons. The molecule has 31 heavy (non-hydrogen) atoms. The predicted octanol–water partition coefficient (Wildman–Crippen LogP) is 3.51. The highest BCUT2D eigenvalue weighted by atomic mass is 32.1. The second kappa shape index (κ2) is 10.0. The molecule has 9 heteroatoms. The van der Waals surface area contributed by atoms with Crippen molar-refractivity contribution < 1.29 is 23.5 Å². The molecule has 1 atom stereocenters. The van der Waals surface area contributed by atoms with Crippen LogP contribution in [0.5, 0.6) is 0 Å². The van der Waals surface area contributed by atoms with Gasteiger partial charge in [-0.25, -0.2) is 9.18 Å². The number of halogens is 1. The summed E-state index contributed by atoms with van der Waals surface area (Å²) in [5.74, 6) is -1.49. The molecular weight excluding hydrogens is 421 g/mol. The number of carbonyl (C=O) groups excluding carboxylic acids is 3. The number of hydrogen-bond acceptors (Lipinski definition) is 6. The maximum absolute atomic E-state index is 13.3. The quantitative estimate of drug-likeness (QED) is 0.635. The Kier molecular flexibility index (Phi) is 7.40. The van der Waals surface area contributed by atoms with Gasteiger partial charge in [0.15, 0.2) is 0 Å². The minimum atomic E-state index is -0.577. The Hall–Kier alpha value is -2.78. The summed E-state index contributed by atoms with van der Waals surface area (Å²) in [7, 11) is 1.51. The maximum atomic E-state index is 13.3. The second-order valence-corrected chi connectivity index (χ2v) is 8.31. The van der Waals surface area contributed by atoms with Crippen LogP contribution in [-0.4, -0.2) is 49.4 Å². The van der Waals surface area contributed by atoms with Crippen LogP contribution in [0.4, 0.5) is 9.39 Å². The molecule has 1 saturated heterocycles. The van der Waals surface area contributed by atoms with Crippen molar-refractivity contribution in [3.05, 3.63) is 51.7 Å². The number of thiophene rings is 1. The number of nitrogens with one attached hydrogen (secondary N) is 2. The zero-order valence-electron chi connectivity index (χ0n) is 17.8. The van der Waals surface area contributed by atoms with Crippen molar-refractivity contribution in [3.8, 4) is 0 Å². The number of likely N-dealkylation sites (tertiary alicyclic amines) is 1. The van der Waals surface area contributed by atoms with Gasteiger partial charge in [0, 0.05) is 13.1 Å². The Morgan fingerprint density at radius 1 is 1.26 bits per heavy atom. The summed E-state index contributed by atoms with van der Waals surface area (Å²) in [5, 5.41) is 5.64. The van der Waals surface area contributed by atoms with E-state index in [1.165, 1.54) is 19.2 Å². The van der Waals surface area contributed by atoms with Crippen LogP contribution in [-0.2, 0) is 9.53 Å². The Morgan fingerprint density at radius 2 is 1.97 bits per heavy atom. The van der Waals surface area contributed by atoms with E-state index >= 15 is 0 Å². The van der Waals surface area contributed by atoms with Crippen LogP contribution in [0.3, 0.4) is 0 Å². The van der Waals surface area contributed by atoms with Crippen LogP contribution in [0.15, 0.2) is 24.3 Å². The van der Waals surface area contributed by atoms with E-state index in [1.807, 2.05) is 4.90 Å². The average Bonchev–Trinajstić information content (AvgIpc) is 3.32. The van der Waals surface area contributed by atoms with Crippen molar-refractivity contribution in [3.63, 3.8) is 0 Å². The molecule has 0 aliphatic carbocycles. The molecule has 2 amide bonds. The van der Waals surface area contributed by atoms with Crippen molar-refractivity contribution >= 4 is 34.1 Å². The smallest absolute Gasteiger partial charge is 0.341 e.